The van der Waals surface area contributed by atoms with Crippen molar-refractivity contribution in [3.8, 4) is 0 Å². The van der Waals surface area contributed by atoms with E-state index in [2.05, 4.69) is 25.6 Å². The Morgan fingerprint density at radius 3 is 3.05 bits per heavy atom. The molecule has 0 saturated heterocycles. The number of aromatic nitrogens is 4. The molecular weight excluding hydrogens is 272 g/mol. The average Bonchev–Trinajstić information content (AvgIpc) is 3.07. The van der Waals surface area contributed by atoms with E-state index in [0.29, 0.717) is 24.3 Å². The molecule has 0 bridgehead atoms. The molecule has 1 aliphatic carbocycles. The molecular formula is C13H18N6O2. The van der Waals surface area contributed by atoms with E-state index in [9.17, 15) is 9.59 Å². The minimum Gasteiger partial charge on any atom is -0.336 e. The van der Waals surface area contributed by atoms with Crippen LogP contribution in [0.4, 0.5) is 4.79 Å². The molecule has 8 heteroatoms. The quantitative estimate of drug-likeness (QED) is 0.756. The van der Waals surface area contributed by atoms with Crippen LogP contribution in [0.25, 0.3) is 11.2 Å². The van der Waals surface area contributed by atoms with Crippen molar-refractivity contribution in [2.24, 2.45) is 0 Å². The molecule has 0 unspecified atom stereocenters. The van der Waals surface area contributed by atoms with Crippen molar-refractivity contribution in [3.63, 3.8) is 0 Å². The zero-order chi connectivity index (χ0) is 14.7. The van der Waals surface area contributed by atoms with E-state index in [1.807, 2.05) is 0 Å². The maximum atomic E-state index is 11.8. The van der Waals surface area contributed by atoms with E-state index in [4.69, 9.17) is 0 Å². The van der Waals surface area contributed by atoms with E-state index in [1.165, 1.54) is 23.7 Å². The molecule has 3 N–H and O–H groups in total. The fraction of sp³-hybridized carbons (Fsp3) is 0.538. The van der Waals surface area contributed by atoms with Gasteiger partial charge in [0.05, 0.1) is 6.20 Å². The Balaban J connectivity index is 1.55. The van der Waals surface area contributed by atoms with Crippen LogP contribution in [0.1, 0.15) is 25.7 Å². The number of rotatable bonds is 4. The lowest BCUT2D eigenvalue weighted by Crippen LogP contribution is -2.42. The molecule has 0 radical (unpaired) electrons. The monoisotopic (exact) mass is 290 g/mol. The highest BCUT2D eigenvalue weighted by Gasteiger charge is 2.16. The minimum atomic E-state index is -0.247. The molecule has 0 spiro atoms. The third kappa shape index (κ3) is 3.04. The first-order valence-corrected chi connectivity index (χ1v) is 7.17. The van der Waals surface area contributed by atoms with Gasteiger partial charge in [-0.3, -0.25) is 4.57 Å². The molecule has 112 valence electrons. The largest absolute Gasteiger partial charge is 0.336 e. The fourth-order valence-electron chi connectivity index (χ4n) is 2.70. The van der Waals surface area contributed by atoms with Gasteiger partial charge in [0.2, 0.25) is 0 Å². The number of H-pyrrole nitrogens is 1. The van der Waals surface area contributed by atoms with Gasteiger partial charge in [0.1, 0.15) is 11.8 Å². The highest BCUT2D eigenvalue weighted by atomic mass is 16.2. The predicted molar refractivity (Wildman–Crippen MR) is 76.9 cm³/mol. The third-order valence-electron chi connectivity index (χ3n) is 3.75. The number of fused-ring (bicyclic) bond motifs is 1. The van der Waals surface area contributed by atoms with Crippen molar-refractivity contribution >= 4 is 17.2 Å². The van der Waals surface area contributed by atoms with Crippen LogP contribution in [-0.4, -0.2) is 38.1 Å². The molecule has 3 rings (SSSR count). The summed E-state index contributed by atoms with van der Waals surface area (Å²) in [6, 6.07) is 0.109. The topological polar surface area (TPSA) is 105 Å². The van der Waals surface area contributed by atoms with Crippen LogP contribution in [0, 0.1) is 0 Å². The molecule has 8 nitrogen and oxygen atoms in total. The second-order valence-corrected chi connectivity index (χ2v) is 5.22. The van der Waals surface area contributed by atoms with Gasteiger partial charge in [-0.1, -0.05) is 12.8 Å². The normalized spacial score (nSPS) is 15.4. The van der Waals surface area contributed by atoms with Crippen LogP contribution < -0.4 is 16.3 Å². The Morgan fingerprint density at radius 1 is 1.43 bits per heavy atom. The highest BCUT2D eigenvalue weighted by Crippen LogP contribution is 2.17. The Hall–Kier alpha value is -2.38. The smallest absolute Gasteiger partial charge is 0.327 e. The van der Waals surface area contributed by atoms with E-state index in [0.717, 1.165) is 12.8 Å². The van der Waals surface area contributed by atoms with Crippen molar-refractivity contribution in [2.45, 2.75) is 38.3 Å². The number of amides is 2. The summed E-state index contributed by atoms with van der Waals surface area (Å²) in [5, 5.41) is 5.71. The molecule has 1 saturated carbocycles. The summed E-state index contributed by atoms with van der Waals surface area (Å²) in [4.78, 5) is 34.1. The van der Waals surface area contributed by atoms with E-state index in [-0.39, 0.29) is 17.8 Å². The maximum Gasteiger partial charge on any atom is 0.327 e. The summed E-state index contributed by atoms with van der Waals surface area (Å²) < 4.78 is 1.49. The summed E-state index contributed by atoms with van der Waals surface area (Å²) in [6.45, 7) is 0.739. The first-order valence-electron chi connectivity index (χ1n) is 7.17. The van der Waals surface area contributed by atoms with Crippen molar-refractivity contribution < 1.29 is 4.79 Å². The van der Waals surface area contributed by atoms with Crippen molar-refractivity contribution in [1.82, 2.24) is 30.2 Å². The molecule has 1 fully saturated rings. The Bertz CT molecular complexity index is 685. The molecule has 0 aromatic carbocycles. The van der Waals surface area contributed by atoms with Crippen molar-refractivity contribution in [1.29, 1.82) is 0 Å². The first-order chi connectivity index (χ1) is 10.2. The summed E-state index contributed by atoms with van der Waals surface area (Å²) in [7, 11) is 0. The van der Waals surface area contributed by atoms with Crippen molar-refractivity contribution in [2.75, 3.05) is 6.54 Å². The number of urea groups is 1. The van der Waals surface area contributed by atoms with Gasteiger partial charge in [0.25, 0.3) is 0 Å². The SMILES string of the molecule is O=C(NCCn1c(=O)[nH]c2cncnc21)NC1CCCC1. The third-order valence-corrected chi connectivity index (χ3v) is 3.75. The molecule has 0 atom stereocenters. The zero-order valence-electron chi connectivity index (χ0n) is 11.6. The second-order valence-electron chi connectivity index (χ2n) is 5.22. The summed E-state index contributed by atoms with van der Waals surface area (Å²) in [6.07, 6.45) is 7.40. The van der Waals surface area contributed by atoms with Gasteiger partial charge in [-0.2, -0.15) is 0 Å². The predicted octanol–water partition coefficient (Wildman–Crippen LogP) is 0.361. The molecule has 1 aliphatic rings. The number of imidazole rings is 1. The fourth-order valence-corrected chi connectivity index (χ4v) is 2.70. The number of hydrogen-bond donors (Lipinski definition) is 3. The van der Waals surface area contributed by atoms with Gasteiger partial charge in [0, 0.05) is 19.1 Å². The van der Waals surface area contributed by atoms with E-state index < -0.39 is 0 Å². The van der Waals surface area contributed by atoms with Gasteiger partial charge in [-0.15, -0.1) is 0 Å². The van der Waals surface area contributed by atoms with Crippen LogP contribution in [-0.2, 0) is 6.54 Å². The van der Waals surface area contributed by atoms with Crippen LogP contribution in [0.2, 0.25) is 0 Å². The van der Waals surface area contributed by atoms with Gasteiger partial charge in [-0.25, -0.2) is 19.6 Å². The lowest BCUT2D eigenvalue weighted by Gasteiger charge is -2.12. The molecule has 2 amide bonds. The maximum absolute atomic E-state index is 11.8. The van der Waals surface area contributed by atoms with E-state index >= 15 is 0 Å². The molecule has 2 heterocycles. The van der Waals surface area contributed by atoms with E-state index in [1.54, 1.807) is 6.20 Å². The Labute approximate surface area is 121 Å². The lowest BCUT2D eigenvalue weighted by atomic mass is 10.2. The average molecular weight is 290 g/mol. The highest BCUT2D eigenvalue weighted by molar-refractivity contribution is 5.74. The first kappa shape index (κ1) is 13.6. The summed E-state index contributed by atoms with van der Waals surface area (Å²) >= 11 is 0. The van der Waals surface area contributed by atoms with Gasteiger partial charge < -0.3 is 15.6 Å². The second kappa shape index (κ2) is 5.94. The molecule has 2 aromatic heterocycles. The number of aromatic amines is 1. The molecule has 21 heavy (non-hydrogen) atoms. The minimum absolute atomic E-state index is 0.176. The number of hydrogen-bond acceptors (Lipinski definition) is 4. The van der Waals surface area contributed by atoms with Gasteiger partial charge >= 0.3 is 11.7 Å². The number of carbonyl (C=O) groups excluding carboxylic acids is 1. The molecule has 2 aromatic rings. The zero-order valence-corrected chi connectivity index (χ0v) is 11.6. The van der Waals surface area contributed by atoms with Gasteiger partial charge in [0.15, 0.2) is 5.65 Å². The lowest BCUT2D eigenvalue weighted by molar-refractivity contribution is 0.236. The number of nitrogens with one attached hydrogen (secondary N) is 3. The Morgan fingerprint density at radius 2 is 2.24 bits per heavy atom. The van der Waals surface area contributed by atoms with Crippen LogP contribution >= 0.6 is 0 Å². The Kier molecular flexibility index (Phi) is 3.85. The van der Waals surface area contributed by atoms with Crippen LogP contribution in [0.3, 0.4) is 0 Å². The van der Waals surface area contributed by atoms with Crippen LogP contribution in [0.15, 0.2) is 17.3 Å². The summed E-state index contributed by atoms with van der Waals surface area (Å²) in [5.74, 6) is 0. The summed E-state index contributed by atoms with van der Waals surface area (Å²) in [5.41, 5.74) is 0.898. The standard InChI is InChI=1S/C13H18N6O2/c20-12(17-9-3-1-2-4-9)15-5-6-19-11-10(18-13(19)21)7-14-8-16-11/h7-9H,1-6H2,(H,18,21)(H2,15,17,20). The number of carbonyl (C=O) groups is 1. The molecule has 0 aliphatic heterocycles. The van der Waals surface area contributed by atoms with Crippen molar-refractivity contribution in [3.05, 3.63) is 23.0 Å². The van der Waals surface area contributed by atoms with Crippen LogP contribution in [0.5, 0.6) is 0 Å². The number of nitrogens with zero attached hydrogens (tertiary/aromatic N) is 3. The van der Waals surface area contributed by atoms with Gasteiger partial charge in [-0.05, 0) is 12.8 Å².